The van der Waals surface area contributed by atoms with Crippen LogP contribution in [0.3, 0.4) is 0 Å². The summed E-state index contributed by atoms with van der Waals surface area (Å²) in [5.74, 6) is 0.237. The molecule has 0 spiro atoms. The Labute approximate surface area is 95.7 Å². The van der Waals surface area contributed by atoms with E-state index in [1.165, 1.54) is 31.6 Å². The van der Waals surface area contributed by atoms with E-state index >= 15 is 0 Å². The normalized spacial score (nSPS) is 22.0. The minimum atomic E-state index is -0.425. The van der Waals surface area contributed by atoms with Crippen LogP contribution >= 0.6 is 0 Å². The number of hydrogen-bond acceptors (Lipinski definition) is 3. The van der Waals surface area contributed by atoms with Gasteiger partial charge in [0.15, 0.2) is 0 Å². The molecule has 1 unspecified atom stereocenters. The molecule has 3 nitrogen and oxygen atoms in total. The van der Waals surface area contributed by atoms with Crippen molar-refractivity contribution in [1.82, 2.24) is 9.88 Å². The molecule has 1 saturated heterocycles. The number of hydrogen-bond donors (Lipinski definition) is 1. The van der Waals surface area contributed by atoms with E-state index in [1.54, 1.807) is 6.07 Å². The van der Waals surface area contributed by atoms with Crippen LogP contribution in [0, 0.1) is 11.9 Å². The molecule has 1 fully saturated rings. The largest absolute Gasteiger partial charge is 0.385 e. The molecule has 16 heavy (non-hydrogen) atoms. The lowest BCUT2D eigenvalue weighted by molar-refractivity contribution is 0.217. The Morgan fingerprint density at radius 2 is 2.50 bits per heavy atom. The van der Waals surface area contributed by atoms with E-state index in [4.69, 9.17) is 0 Å². The summed E-state index contributed by atoms with van der Waals surface area (Å²) in [6.45, 7) is 3.23. The van der Waals surface area contributed by atoms with E-state index in [2.05, 4.69) is 22.2 Å². The molecule has 1 atom stereocenters. The molecule has 0 aliphatic carbocycles. The Hall–Kier alpha value is -1.16. The molecule has 0 saturated carbocycles. The van der Waals surface area contributed by atoms with Gasteiger partial charge in [0.05, 0.1) is 0 Å². The second kappa shape index (κ2) is 5.25. The molecule has 88 valence electrons. The van der Waals surface area contributed by atoms with Crippen molar-refractivity contribution < 1.29 is 4.39 Å². The fourth-order valence-electron chi connectivity index (χ4n) is 2.21. The first-order chi connectivity index (χ1) is 7.74. The number of likely N-dealkylation sites (tertiary alicyclic amines) is 1. The van der Waals surface area contributed by atoms with Crippen LogP contribution in [-0.2, 0) is 0 Å². The molecule has 0 radical (unpaired) electrons. The highest BCUT2D eigenvalue weighted by Crippen LogP contribution is 2.16. The van der Waals surface area contributed by atoms with Gasteiger partial charge in [0.25, 0.3) is 0 Å². The van der Waals surface area contributed by atoms with Crippen molar-refractivity contribution in [2.45, 2.75) is 12.8 Å². The Morgan fingerprint density at radius 1 is 1.62 bits per heavy atom. The van der Waals surface area contributed by atoms with Crippen molar-refractivity contribution in [3.05, 3.63) is 24.3 Å². The van der Waals surface area contributed by atoms with Gasteiger partial charge < -0.3 is 10.2 Å². The highest BCUT2D eigenvalue weighted by molar-refractivity contribution is 5.41. The molecule has 2 rings (SSSR count). The Kier molecular flexibility index (Phi) is 3.72. The molecule has 1 aliphatic rings. The summed E-state index contributed by atoms with van der Waals surface area (Å²) in [6.07, 6.45) is 4.00. The first-order valence-electron chi connectivity index (χ1n) is 5.78. The van der Waals surface area contributed by atoms with E-state index in [0.29, 0.717) is 5.92 Å². The lowest BCUT2D eigenvalue weighted by Gasteiger charge is -2.29. The number of nitrogens with zero attached hydrogens (tertiary/aromatic N) is 2. The number of rotatable bonds is 3. The third-order valence-corrected chi connectivity index (χ3v) is 3.04. The van der Waals surface area contributed by atoms with Gasteiger partial charge >= 0.3 is 0 Å². The minimum absolute atomic E-state index is 0.425. The van der Waals surface area contributed by atoms with Gasteiger partial charge in [0, 0.05) is 31.0 Å². The zero-order valence-electron chi connectivity index (χ0n) is 9.62. The van der Waals surface area contributed by atoms with Gasteiger partial charge in [-0.3, -0.25) is 0 Å². The second-order valence-electron chi connectivity index (χ2n) is 4.52. The summed E-state index contributed by atoms with van der Waals surface area (Å²) >= 11 is 0. The van der Waals surface area contributed by atoms with Crippen molar-refractivity contribution in [2.24, 2.45) is 5.92 Å². The number of halogens is 1. The van der Waals surface area contributed by atoms with Crippen LogP contribution < -0.4 is 5.32 Å². The van der Waals surface area contributed by atoms with Crippen molar-refractivity contribution in [3.8, 4) is 0 Å². The molecule has 1 aliphatic heterocycles. The maximum Gasteiger partial charge on any atom is 0.214 e. The third kappa shape index (κ3) is 3.17. The topological polar surface area (TPSA) is 28.2 Å². The molecule has 0 aromatic carbocycles. The fourth-order valence-corrected chi connectivity index (χ4v) is 2.21. The number of piperidine rings is 1. The van der Waals surface area contributed by atoms with E-state index in [0.717, 1.165) is 18.8 Å². The summed E-state index contributed by atoms with van der Waals surface area (Å²) in [7, 11) is 2.15. The lowest BCUT2D eigenvalue weighted by Crippen LogP contribution is -2.35. The van der Waals surface area contributed by atoms with Crippen LogP contribution in [0.4, 0.5) is 10.1 Å². The summed E-state index contributed by atoms with van der Waals surface area (Å²) in [4.78, 5) is 5.88. The SMILES string of the molecule is CN1CCCC(CNc2ccnc(F)c2)C1. The summed E-state index contributed by atoms with van der Waals surface area (Å²) in [6, 6.07) is 3.24. The van der Waals surface area contributed by atoms with Crippen LogP contribution in [0.25, 0.3) is 0 Å². The van der Waals surface area contributed by atoms with Crippen LogP contribution in [-0.4, -0.2) is 36.6 Å². The summed E-state index contributed by atoms with van der Waals surface area (Å²) in [5, 5.41) is 3.27. The van der Waals surface area contributed by atoms with Crippen molar-refractivity contribution in [2.75, 3.05) is 32.0 Å². The van der Waals surface area contributed by atoms with Gasteiger partial charge in [-0.2, -0.15) is 4.39 Å². The zero-order chi connectivity index (χ0) is 11.4. The van der Waals surface area contributed by atoms with Crippen LogP contribution in [0.15, 0.2) is 18.3 Å². The van der Waals surface area contributed by atoms with E-state index in [-0.39, 0.29) is 0 Å². The monoisotopic (exact) mass is 223 g/mol. The van der Waals surface area contributed by atoms with Gasteiger partial charge in [-0.05, 0) is 38.4 Å². The molecule has 1 aromatic rings. The maximum absolute atomic E-state index is 12.8. The Balaban J connectivity index is 1.82. The first-order valence-corrected chi connectivity index (χ1v) is 5.78. The molecular weight excluding hydrogens is 205 g/mol. The van der Waals surface area contributed by atoms with E-state index in [1.807, 2.05) is 0 Å². The van der Waals surface area contributed by atoms with Gasteiger partial charge in [-0.15, -0.1) is 0 Å². The Morgan fingerprint density at radius 3 is 3.25 bits per heavy atom. The third-order valence-electron chi connectivity index (χ3n) is 3.04. The minimum Gasteiger partial charge on any atom is -0.385 e. The van der Waals surface area contributed by atoms with Gasteiger partial charge in [-0.1, -0.05) is 0 Å². The van der Waals surface area contributed by atoms with Crippen LogP contribution in [0.2, 0.25) is 0 Å². The molecule has 0 amide bonds. The van der Waals surface area contributed by atoms with Crippen LogP contribution in [0.5, 0.6) is 0 Å². The predicted octanol–water partition coefficient (Wildman–Crippen LogP) is 1.97. The predicted molar refractivity (Wildman–Crippen MR) is 62.9 cm³/mol. The average Bonchev–Trinajstić information content (AvgIpc) is 2.27. The van der Waals surface area contributed by atoms with Gasteiger partial charge in [-0.25, -0.2) is 4.98 Å². The number of aromatic nitrogens is 1. The standard InChI is InChI=1S/C12H18FN3/c1-16-6-2-3-10(9-16)8-15-11-4-5-14-12(13)7-11/h4-5,7,10H,2-3,6,8-9H2,1H3,(H,14,15). The zero-order valence-corrected chi connectivity index (χ0v) is 9.62. The summed E-state index contributed by atoms with van der Waals surface area (Å²) < 4.78 is 12.8. The molecule has 0 bridgehead atoms. The highest BCUT2D eigenvalue weighted by atomic mass is 19.1. The summed E-state index contributed by atoms with van der Waals surface area (Å²) in [5.41, 5.74) is 0.820. The maximum atomic E-state index is 12.8. The van der Waals surface area contributed by atoms with E-state index < -0.39 is 5.95 Å². The molecule has 1 N–H and O–H groups in total. The van der Waals surface area contributed by atoms with Crippen molar-refractivity contribution >= 4 is 5.69 Å². The average molecular weight is 223 g/mol. The number of pyridine rings is 1. The molecule has 4 heteroatoms. The smallest absolute Gasteiger partial charge is 0.214 e. The first kappa shape index (κ1) is 11.3. The van der Waals surface area contributed by atoms with Crippen molar-refractivity contribution in [1.29, 1.82) is 0 Å². The van der Waals surface area contributed by atoms with E-state index in [9.17, 15) is 4.39 Å². The van der Waals surface area contributed by atoms with Gasteiger partial charge in [0.1, 0.15) is 0 Å². The van der Waals surface area contributed by atoms with Crippen molar-refractivity contribution in [3.63, 3.8) is 0 Å². The highest BCUT2D eigenvalue weighted by Gasteiger charge is 2.16. The van der Waals surface area contributed by atoms with Crippen LogP contribution in [0.1, 0.15) is 12.8 Å². The lowest BCUT2D eigenvalue weighted by atomic mass is 9.98. The Bertz CT molecular complexity index is 343. The quantitative estimate of drug-likeness (QED) is 0.794. The number of nitrogens with one attached hydrogen (secondary N) is 1. The molecule has 1 aromatic heterocycles. The fraction of sp³-hybridized carbons (Fsp3) is 0.583. The number of anilines is 1. The second-order valence-corrected chi connectivity index (χ2v) is 4.52. The molecular formula is C12H18FN3. The van der Waals surface area contributed by atoms with Gasteiger partial charge in [0.2, 0.25) is 5.95 Å². The molecule has 2 heterocycles.